The Morgan fingerprint density at radius 2 is 1.90 bits per heavy atom. The van der Waals surface area contributed by atoms with E-state index in [1.807, 2.05) is 42.5 Å². The van der Waals surface area contributed by atoms with Crippen molar-refractivity contribution in [3.63, 3.8) is 0 Å². The highest BCUT2D eigenvalue weighted by molar-refractivity contribution is 5.75. The maximum Gasteiger partial charge on any atom is 0.317 e. The number of aromatic nitrogens is 2. The summed E-state index contributed by atoms with van der Waals surface area (Å²) in [6, 6.07) is 17.6. The van der Waals surface area contributed by atoms with E-state index in [0.717, 1.165) is 12.0 Å². The summed E-state index contributed by atoms with van der Waals surface area (Å²) in [5, 5.41) is 6.95. The molecule has 1 N–H and O–H groups in total. The minimum atomic E-state index is -0.0723. The Bertz CT molecular complexity index is 986. The monoisotopic (exact) mass is 422 g/mol. The van der Waals surface area contributed by atoms with Gasteiger partial charge in [-0.2, -0.15) is 4.98 Å². The summed E-state index contributed by atoms with van der Waals surface area (Å²) in [4.78, 5) is 18.5. The van der Waals surface area contributed by atoms with Gasteiger partial charge in [-0.3, -0.25) is 0 Å². The van der Waals surface area contributed by atoms with Gasteiger partial charge >= 0.3 is 6.03 Å². The molecule has 8 nitrogen and oxygen atoms in total. The number of rotatable bonds is 9. The van der Waals surface area contributed by atoms with Gasteiger partial charge in [-0.15, -0.1) is 0 Å². The fraction of sp³-hybridized carbons (Fsp3) is 0.348. The van der Waals surface area contributed by atoms with Gasteiger partial charge in [-0.25, -0.2) is 4.79 Å². The molecule has 4 rings (SSSR count). The third-order valence-corrected chi connectivity index (χ3v) is 5.08. The zero-order valence-electron chi connectivity index (χ0n) is 17.5. The maximum absolute atomic E-state index is 12.3. The molecule has 2 heterocycles. The van der Waals surface area contributed by atoms with Crippen LogP contribution in [0.5, 0.6) is 5.75 Å². The smallest absolute Gasteiger partial charge is 0.317 e. The SMILES string of the molecule is COCCc1noc(-c2ccccc2OC2CN(C(=O)NCCc3ccccc3)C2)n1. The molecule has 2 amide bonds. The lowest BCUT2D eigenvalue weighted by Crippen LogP contribution is -2.59. The van der Waals surface area contributed by atoms with Crippen LogP contribution in [-0.2, 0) is 17.6 Å². The quantitative estimate of drug-likeness (QED) is 0.570. The lowest BCUT2D eigenvalue weighted by Gasteiger charge is -2.39. The van der Waals surface area contributed by atoms with Crippen molar-refractivity contribution in [3.8, 4) is 17.2 Å². The molecule has 2 aromatic carbocycles. The molecule has 31 heavy (non-hydrogen) atoms. The van der Waals surface area contributed by atoms with Crippen molar-refractivity contribution in [1.29, 1.82) is 0 Å². The van der Waals surface area contributed by atoms with Crippen molar-refractivity contribution in [2.24, 2.45) is 0 Å². The minimum Gasteiger partial charge on any atom is -0.486 e. The average Bonchev–Trinajstić information content (AvgIpc) is 3.24. The van der Waals surface area contributed by atoms with Crippen LogP contribution in [0.1, 0.15) is 11.4 Å². The molecule has 0 spiro atoms. The number of likely N-dealkylation sites (tertiary alicyclic amines) is 1. The largest absolute Gasteiger partial charge is 0.486 e. The predicted octanol–water partition coefficient (Wildman–Crippen LogP) is 2.94. The summed E-state index contributed by atoms with van der Waals surface area (Å²) in [5.74, 6) is 1.67. The summed E-state index contributed by atoms with van der Waals surface area (Å²) in [6.45, 7) is 2.21. The molecule has 8 heteroatoms. The summed E-state index contributed by atoms with van der Waals surface area (Å²) in [5.41, 5.74) is 1.94. The van der Waals surface area contributed by atoms with Gasteiger partial charge in [-0.05, 0) is 24.1 Å². The van der Waals surface area contributed by atoms with Crippen LogP contribution in [-0.4, -0.2) is 60.5 Å². The topological polar surface area (TPSA) is 89.7 Å². The van der Waals surface area contributed by atoms with E-state index in [2.05, 4.69) is 27.6 Å². The molecule has 3 aromatic rings. The number of nitrogens with zero attached hydrogens (tertiary/aromatic N) is 3. The van der Waals surface area contributed by atoms with Gasteiger partial charge in [0.2, 0.25) is 0 Å². The van der Waals surface area contributed by atoms with Gasteiger partial charge < -0.3 is 24.2 Å². The number of hydrogen-bond acceptors (Lipinski definition) is 6. The highest BCUT2D eigenvalue weighted by Crippen LogP contribution is 2.30. The van der Waals surface area contributed by atoms with Gasteiger partial charge in [0, 0.05) is 20.1 Å². The normalized spacial score (nSPS) is 13.6. The van der Waals surface area contributed by atoms with Gasteiger partial charge in [0.25, 0.3) is 5.89 Å². The van der Waals surface area contributed by atoms with Crippen LogP contribution in [0.2, 0.25) is 0 Å². The average molecular weight is 422 g/mol. The van der Waals surface area contributed by atoms with Crippen LogP contribution in [0.3, 0.4) is 0 Å². The second-order valence-corrected chi connectivity index (χ2v) is 7.37. The Morgan fingerprint density at radius 3 is 2.71 bits per heavy atom. The molecule has 1 saturated heterocycles. The predicted molar refractivity (Wildman–Crippen MR) is 115 cm³/mol. The number of para-hydroxylation sites is 1. The fourth-order valence-electron chi connectivity index (χ4n) is 3.33. The molecule has 0 saturated carbocycles. The highest BCUT2D eigenvalue weighted by atomic mass is 16.5. The second-order valence-electron chi connectivity index (χ2n) is 7.37. The summed E-state index contributed by atoms with van der Waals surface area (Å²) in [6.07, 6.45) is 1.32. The third kappa shape index (κ3) is 5.40. The Morgan fingerprint density at radius 1 is 1.13 bits per heavy atom. The van der Waals surface area contributed by atoms with Crippen LogP contribution in [0.4, 0.5) is 4.79 Å². The number of ether oxygens (including phenoxy) is 2. The number of hydrogen-bond donors (Lipinski definition) is 1. The van der Waals surface area contributed by atoms with Crippen LogP contribution < -0.4 is 10.1 Å². The molecule has 0 radical (unpaired) electrons. The van der Waals surface area contributed by atoms with E-state index in [4.69, 9.17) is 14.0 Å². The number of methoxy groups -OCH3 is 1. The number of carbonyl (C=O) groups excluding carboxylic acids is 1. The summed E-state index contributed by atoms with van der Waals surface area (Å²) >= 11 is 0. The first-order valence-electron chi connectivity index (χ1n) is 10.4. The molecule has 1 fully saturated rings. The number of amides is 2. The Hall–Kier alpha value is -3.39. The van der Waals surface area contributed by atoms with E-state index in [1.165, 1.54) is 5.56 Å². The number of nitrogens with one attached hydrogen (secondary N) is 1. The third-order valence-electron chi connectivity index (χ3n) is 5.08. The Labute approximate surface area is 181 Å². The van der Waals surface area contributed by atoms with Crippen LogP contribution in [0, 0.1) is 0 Å². The van der Waals surface area contributed by atoms with E-state index in [1.54, 1.807) is 12.0 Å². The molecular weight excluding hydrogens is 396 g/mol. The van der Waals surface area contributed by atoms with Crippen molar-refractivity contribution in [1.82, 2.24) is 20.4 Å². The first-order valence-corrected chi connectivity index (χ1v) is 10.4. The molecule has 0 bridgehead atoms. The van der Waals surface area contributed by atoms with Gasteiger partial charge in [0.1, 0.15) is 11.9 Å². The lowest BCUT2D eigenvalue weighted by molar-refractivity contribution is 0.0448. The molecule has 0 atom stereocenters. The minimum absolute atomic E-state index is 0.0660. The molecule has 1 aliphatic heterocycles. The van der Waals surface area contributed by atoms with Crippen LogP contribution in [0.25, 0.3) is 11.5 Å². The van der Waals surface area contributed by atoms with E-state index in [-0.39, 0.29) is 12.1 Å². The number of carbonyl (C=O) groups is 1. The van der Waals surface area contributed by atoms with Crippen molar-refractivity contribution < 1.29 is 18.8 Å². The summed E-state index contributed by atoms with van der Waals surface area (Å²) in [7, 11) is 1.63. The van der Waals surface area contributed by atoms with Crippen molar-refractivity contribution in [2.45, 2.75) is 18.9 Å². The van der Waals surface area contributed by atoms with Crippen molar-refractivity contribution >= 4 is 6.03 Å². The molecule has 1 aromatic heterocycles. The van der Waals surface area contributed by atoms with Gasteiger partial charge in [-0.1, -0.05) is 47.6 Å². The maximum atomic E-state index is 12.3. The first kappa shape index (κ1) is 20.9. The van der Waals surface area contributed by atoms with E-state index < -0.39 is 0 Å². The number of urea groups is 1. The highest BCUT2D eigenvalue weighted by Gasteiger charge is 2.33. The van der Waals surface area contributed by atoms with Crippen LogP contribution >= 0.6 is 0 Å². The van der Waals surface area contributed by atoms with Crippen LogP contribution in [0.15, 0.2) is 59.1 Å². The van der Waals surface area contributed by atoms with Crippen molar-refractivity contribution in [3.05, 3.63) is 66.0 Å². The molecular formula is C23H26N4O4. The van der Waals surface area contributed by atoms with Crippen molar-refractivity contribution in [2.75, 3.05) is 33.4 Å². The Balaban J connectivity index is 1.27. The second kappa shape index (κ2) is 10.1. The molecule has 162 valence electrons. The summed E-state index contributed by atoms with van der Waals surface area (Å²) < 4.78 is 16.5. The zero-order valence-corrected chi connectivity index (χ0v) is 17.5. The molecule has 0 unspecified atom stereocenters. The Kier molecular flexibility index (Phi) is 6.78. The fourth-order valence-corrected chi connectivity index (χ4v) is 3.33. The lowest BCUT2D eigenvalue weighted by atomic mass is 10.1. The standard InChI is InChI=1S/C23H26N4O4/c1-29-14-12-21-25-22(31-26-21)19-9-5-6-10-20(19)30-18-15-27(16-18)23(28)24-13-11-17-7-3-2-4-8-17/h2-10,18H,11-16H2,1H3,(H,24,28). The first-order chi connectivity index (χ1) is 15.2. The zero-order chi connectivity index (χ0) is 21.5. The molecule has 1 aliphatic rings. The van der Waals surface area contributed by atoms with Gasteiger partial charge in [0.15, 0.2) is 5.82 Å². The molecule has 0 aliphatic carbocycles. The van der Waals surface area contributed by atoms with Gasteiger partial charge in [0.05, 0.1) is 25.3 Å². The number of benzene rings is 2. The van der Waals surface area contributed by atoms with E-state index >= 15 is 0 Å². The van der Waals surface area contributed by atoms with E-state index in [0.29, 0.717) is 50.1 Å². The van der Waals surface area contributed by atoms with E-state index in [9.17, 15) is 4.79 Å².